The van der Waals surface area contributed by atoms with Crippen molar-refractivity contribution in [3.05, 3.63) is 29.6 Å². The minimum absolute atomic E-state index is 0.105. The van der Waals surface area contributed by atoms with E-state index in [2.05, 4.69) is 10.3 Å². The summed E-state index contributed by atoms with van der Waals surface area (Å²) in [6.45, 7) is 5.59. The number of pyridine rings is 1. The Hall–Kier alpha value is -1.42. The number of nitrogens with zero attached hydrogens (tertiary/aromatic N) is 2. The summed E-state index contributed by atoms with van der Waals surface area (Å²) in [4.78, 5) is 17.9. The zero-order valence-electron chi connectivity index (χ0n) is 10.2. The van der Waals surface area contributed by atoms with Crippen LogP contribution in [0.25, 0.3) is 0 Å². The van der Waals surface area contributed by atoms with Crippen LogP contribution in [0.3, 0.4) is 0 Å². The summed E-state index contributed by atoms with van der Waals surface area (Å²) in [5.41, 5.74) is 1.92. The fourth-order valence-electron chi connectivity index (χ4n) is 1.52. The highest BCUT2D eigenvalue weighted by Crippen LogP contribution is 2.03. The van der Waals surface area contributed by atoms with Gasteiger partial charge in [0.2, 0.25) is 5.91 Å². The van der Waals surface area contributed by atoms with Crippen molar-refractivity contribution >= 4 is 5.91 Å². The lowest BCUT2D eigenvalue weighted by Gasteiger charge is -2.20. The molecule has 0 aromatic carbocycles. The largest absolute Gasteiger partial charge is 0.336 e. The number of hydrogen-bond donors (Lipinski definition) is 1. The van der Waals surface area contributed by atoms with Gasteiger partial charge in [0.15, 0.2) is 0 Å². The van der Waals surface area contributed by atoms with Gasteiger partial charge in [-0.05, 0) is 33.0 Å². The van der Waals surface area contributed by atoms with Gasteiger partial charge >= 0.3 is 0 Å². The molecule has 0 unspecified atom stereocenters. The van der Waals surface area contributed by atoms with Gasteiger partial charge in [-0.3, -0.25) is 9.78 Å². The maximum Gasteiger partial charge on any atom is 0.236 e. The van der Waals surface area contributed by atoms with Crippen LogP contribution in [0.15, 0.2) is 18.2 Å². The first-order valence-electron chi connectivity index (χ1n) is 5.52. The molecule has 0 aliphatic heterocycles. The number of carbonyl (C=O) groups is 1. The van der Waals surface area contributed by atoms with Gasteiger partial charge in [-0.25, -0.2) is 0 Å². The minimum Gasteiger partial charge on any atom is -0.336 e. The Bertz CT molecular complexity index is 352. The van der Waals surface area contributed by atoms with Crippen LogP contribution >= 0.6 is 0 Å². The van der Waals surface area contributed by atoms with E-state index in [-0.39, 0.29) is 5.91 Å². The van der Waals surface area contributed by atoms with Gasteiger partial charge in [0.1, 0.15) is 0 Å². The minimum atomic E-state index is 0.105. The van der Waals surface area contributed by atoms with E-state index in [4.69, 9.17) is 0 Å². The molecular weight excluding hydrogens is 202 g/mol. The van der Waals surface area contributed by atoms with Gasteiger partial charge in [0.25, 0.3) is 0 Å². The number of rotatable bonds is 5. The topological polar surface area (TPSA) is 45.2 Å². The average Bonchev–Trinajstić information content (AvgIpc) is 2.26. The molecule has 0 saturated carbocycles. The van der Waals surface area contributed by atoms with Crippen LogP contribution in [0.4, 0.5) is 0 Å². The number of likely N-dealkylation sites (N-methyl/N-ethyl adjacent to an activating group) is 2. The standard InChI is InChI=1S/C12H19N3O/c1-4-15(12(16)8-13-3)9-11-7-5-6-10(2)14-11/h5-7,13H,4,8-9H2,1-3H3. The highest BCUT2D eigenvalue weighted by molar-refractivity contribution is 5.78. The maximum absolute atomic E-state index is 11.7. The molecule has 0 atom stereocenters. The molecule has 1 N–H and O–H groups in total. The lowest BCUT2D eigenvalue weighted by Crippen LogP contribution is -2.36. The molecule has 1 heterocycles. The van der Waals surface area contributed by atoms with E-state index in [1.807, 2.05) is 32.0 Å². The molecule has 1 aromatic heterocycles. The Morgan fingerprint density at radius 3 is 2.81 bits per heavy atom. The third-order valence-corrected chi connectivity index (χ3v) is 2.36. The first-order valence-corrected chi connectivity index (χ1v) is 5.52. The van der Waals surface area contributed by atoms with E-state index in [9.17, 15) is 4.79 Å². The maximum atomic E-state index is 11.7. The lowest BCUT2D eigenvalue weighted by atomic mass is 10.3. The van der Waals surface area contributed by atoms with E-state index in [0.29, 0.717) is 19.6 Å². The Balaban J connectivity index is 2.66. The molecule has 1 aromatic rings. The lowest BCUT2D eigenvalue weighted by molar-refractivity contribution is -0.130. The highest BCUT2D eigenvalue weighted by Gasteiger charge is 2.11. The van der Waals surface area contributed by atoms with Gasteiger partial charge in [0, 0.05) is 12.2 Å². The van der Waals surface area contributed by atoms with Gasteiger partial charge in [-0.15, -0.1) is 0 Å². The van der Waals surface area contributed by atoms with Gasteiger partial charge < -0.3 is 10.2 Å². The molecule has 0 aliphatic rings. The third kappa shape index (κ3) is 3.62. The second kappa shape index (κ2) is 6.23. The van der Waals surface area contributed by atoms with Crippen molar-refractivity contribution in [3.63, 3.8) is 0 Å². The summed E-state index contributed by atoms with van der Waals surface area (Å²) in [6, 6.07) is 5.87. The summed E-state index contributed by atoms with van der Waals surface area (Å²) in [6.07, 6.45) is 0. The van der Waals surface area contributed by atoms with E-state index < -0.39 is 0 Å². The van der Waals surface area contributed by atoms with Crippen molar-refractivity contribution < 1.29 is 4.79 Å². The molecule has 1 rings (SSSR count). The molecule has 4 nitrogen and oxygen atoms in total. The summed E-state index contributed by atoms with van der Waals surface area (Å²) in [5, 5.41) is 2.87. The number of hydrogen-bond acceptors (Lipinski definition) is 3. The van der Waals surface area contributed by atoms with Crippen molar-refractivity contribution in [1.29, 1.82) is 0 Å². The fourth-order valence-corrected chi connectivity index (χ4v) is 1.52. The highest BCUT2D eigenvalue weighted by atomic mass is 16.2. The number of carbonyl (C=O) groups excluding carboxylic acids is 1. The number of aryl methyl sites for hydroxylation is 1. The second-order valence-electron chi connectivity index (χ2n) is 3.71. The second-order valence-corrected chi connectivity index (χ2v) is 3.71. The van der Waals surface area contributed by atoms with Crippen molar-refractivity contribution in [2.45, 2.75) is 20.4 Å². The normalized spacial score (nSPS) is 10.2. The monoisotopic (exact) mass is 221 g/mol. The molecule has 0 spiro atoms. The molecule has 0 saturated heterocycles. The SMILES string of the molecule is CCN(Cc1cccc(C)n1)C(=O)CNC. The Labute approximate surface area is 96.7 Å². The zero-order valence-corrected chi connectivity index (χ0v) is 10.2. The van der Waals surface area contributed by atoms with Crippen LogP contribution in [-0.2, 0) is 11.3 Å². The van der Waals surface area contributed by atoms with Crippen LogP contribution < -0.4 is 5.32 Å². The summed E-state index contributed by atoms with van der Waals surface area (Å²) >= 11 is 0. The van der Waals surface area contributed by atoms with Crippen molar-refractivity contribution in [3.8, 4) is 0 Å². The smallest absolute Gasteiger partial charge is 0.236 e. The van der Waals surface area contributed by atoms with E-state index >= 15 is 0 Å². The molecule has 0 radical (unpaired) electrons. The van der Waals surface area contributed by atoms with Gasteiger partial charge in [-0.2, -0.15) is 0 Å². The number of amides is 1. The third-order valence-electron chi connectivity index (χ3n) is 2.36. The van der Waals surface area contributed by atoms with E-state index in [0.717, 1.165) is 11.4 Å². The van der Waals surface area contributed by atoms with Crippen LogP contribution in [0.5, 0.6) is 0 Å². The first kappa shape index (κ1) is 12.6. The van der Waals surface area contributed by atoms with Crippen LogP contribution in [0.2, 0.25) is 0 Å². The summed E-state index contributed by atoms with van der Waals surface area (Å²) in [7, 11) is 1.77. The zero-order chi connectivity index (χ0) is 12.0. The Morgan fingerprint density at radius 1 is 1.50 bits per heavy atom. The Kier molecular flexibility index (Phi) is 4.92. The van der Waals surface area contributed by atoms with Crippen LogP contribution in [-0.4, -0.2) is 35.9 Å². The predicted octanol–water partition coefficient (Wildman–Crippen LogP) is 0.958. The first-order chi connectivity index (χ1) is 7.67. The van der Waals surface area contributed by atoms with Crippen molar-refractivity contribution in [2.24, 2.45) is 0 Å². The molecular formula is C12H19N3O. The van der Waals surface area contributed by atoms with Crippen LogP contribution in [0, 0.1) is 6.92 Å². The summed E-state index contributed by atoms with van der Waals surface area (Å²) in [5.74, 6) is 0.105. The van der Waals surface area contributed by atoms with Crippen LogP contribution in [0.1, 0.15) is 18.3 Å². The molecule has 4 heteroatoms. The molecule has 0 bridgehead atoms. The van der Waals surface area contributed by atoms with E-state index in [1.165, 1.54) is 0 Å². The number of nitrogens with one attached hydrogen (secondary N) is 1. The molecule has 0 fully saturated rings. The van der Waals surface area contributed by atoms with Gasteiger partial charge in [0.05, 0.1) is 18.8 Å². The molecule has 88 valence electrons. The summed E-state index contributed by atoms with van der Waals surface area (Å²) < 4.78 is 0. The predicted molar refractivity (Wildman–Crippen MR) is 64.0 cm³/mol. The molecule has 0 aliphatic carbocycles. The molecule has 1 amide bonds. The van der Waals surface area contributed by atoms with E-state index in [1.54, 1.807) is 11.9 Å². The average molecular weight is 221 g/mol. The van der Waals surface area contributed by atoms with Gasteiger partial charge in [-0.1, -0.05) is 6.07 Å². The molecule has 16 heavy (non-hydrogen) atoms. The number of aromatic nitrogens is 1. The van der Waals surface area contributed by atoms with Crippen molar-refractivity contribution in [1.82, 2.24) is 15.2 Å². The fraction of sp³-hybridized carbons (Fsp3) is 0.500. The van der Waals surface area contributed by atoms with Crippen molar-refractivity contribution in [2.75, 3.05) is 20.1 Å². The Morgan fingerprint density at radius 2 is 2.25 bits per heavy atom. The quantitative estimate of drug-likeness (QED) is 0.805.